The predicted molar refractivity (Wildman–Crippen MR) is 95.8 cm³/mol. The van der Waals surface area contributed by atoms with E-state index in [1.807, 2.05) is 24.3 Å². The Morgan fingerprint density at radius 2 is 2.00 bits per heavy atom. The second-order valence-electron chi connectivity index (χ2n) is 5.91. The molecule has 1 aromatic carbocycles. The van der Waals surface area contributed by atoms with Crippen LogP contribution in [-0.4, -0.2) is 61.1 Å². The van der Waals surface area contributed by atoms with Crippen molar-refractivity contribution in [2.45, 2.75) is 18.9 Å². The molecule has 2 heterocycles. The highest BCUT2D eigenvalue weighted by Crippen LogP contribution is 2.26. The van der Waals surface area contributed by atoms with Crippen LogP contribution in [0.25, 0.3) is 10.2 Å². The third kappa shape index (κ3) is 3.68. The van der Waals surface area contributed by atoms with E-state index in [9.17, 15) is 13.2 Å². The molecule has 1 N–H and O–H groups in total. The monoisotopic (exact) mass is 368 g/mol. The van der Waals surface area contributed by atoms with Crippen molar-refractivity contribution in [2.75, 3.05) is 31.7 Å². The van der Waals surface area contributed by atoms with Gasteiger partial charge in [-0.15, -0.1) is 0 Å². The van der Waals surface area contributed by atoms with E-state index in [0.29, 0.717) is 31.1 Å². The van der Waals surface area contributed by atoms with Gasteiger partial charge in [0.25, 0.3) is 0 Å². The highest BCUT2D eigenvalue weighted by molar-refractivity contribution is 7.88. The van der Waals surface area contributed by atoms with Crippen LogP contribution in [0.2, 0.25) is 0 Å². The largest absolute Gasteiger partial charge is 0.324 e. The lowest BCUT2D eigenvalue weighted by atomic mass is 10.1. The summed E-state index contributed by atoms with van der Waals surface area (Å²) in [6, 6.07) is 7.50. The first-order valence-electron chi connectivity index (χ1n) is 7.69. The van der Waals surface area contributed by atoms with Crippen LogP contribution in [0.1, 0.15) is 12.8 Å². The Balaban J connectivity index is 1.59. The van der Waals surface area contributed by atoms with Gasteiger partial charge in [0.2, 0.25) is 10.0 Å². The first kappa shape index (κ1) is 17.1. The molecule has 1 aromatic heterocycles. The fourth-order valence-corrected chi connectivity index (χ4v) is 4.41. The van der Waals surface area contributed by atoms with E-state index in [1.54, 1.807) is 11.9 Å². The maximum Gasteiger partial charge on any atom is 0.323 e. The Kier molecular flexibility index (Phi) is 4.75. The van der Waals surface area contributed by atoms with Crippen LogP contribution in [0, 0.1) is 0 Å². The maximum absolute atomic E-state index is 12.4. The van der Waals surface area contributed by atoms with Crippen LogP contribution in [-0.2, 0) is 10.0 Å². The van der Waals surface area contributed by atoms with E-state index in [-0.39, 0.29) is 12.1 Å². The van der Waals surface area contributed by atoms with Gasteiger partial charge in [-0.25, -0.2) is 22.5 Å². The fraction of sp³-hybridized carbons (Fsp3) is 0.467. The fourth-order valence-electron chi connectivity index (χ4n) is 2.80. The van der Waals surface area contributed by atoms with Crippen molar-refractivity contribution >= 4 is 42.7 Å². The molecule has 24 heavy (non-hydrogen) atoms. The summed E-state index contributed by atoms with van der Waals surface area (Å²) in [5.41, 5.74) is 0.867. The molecule has 0 aliphatic carbocycles. The Morgan fingerprint density at radius 3 is 2.62 bits per heavy atom. The minimum atomic E-state index is -3.20. The van der Waals surface area contributed by atoms with Crippen molar-refractivity contribution < 1.29 is 13.2 Å². The molecule has 0 saturated carbocycles. The summed E-state index contributed by atoms with van der Waals surface area (Å²) in [6.45, 7) is 1.06. The van der Waals surface area contributed by atoms with Gasteiger partial charge in [-0.3, -0.25) is 5.32 Å². The number of urea groups is 1. The molecule has 0 spiro atoms. The van der Waals surface area contributed by atoms with Crippen molar-refractivity contribution in [1.29, 1.82) is 0 Å². The van der Waals surface area contributed by atoms with E-state index in [2.05, 4.69) is 10.3 Å². The number of sulfonamides is 1. The number of thiazole rings is 1. The first-order chi connectivity index (χ1) is 11.3. The number of fused-ring (bicyclic) bond motifs is 1. The van der Waals surface area contributed by atoms with E-state index in [4.69, 9.17) is 0 Å². The Bertz CT molecular complexity index is 808. The molecular formula is C15H20N4O3S2. The van der Waals surface area contributed by atoms with Gasteiger partial charge in [-0.2, -0.15) is 0 Å². The minimum absolute atomic E-state index is 0.0495. The zero-order valence-electron chi connectivity index (χ0n) is 13.6. The summed E-state index contributed by atoms with van der Waals surface area (Å²) in [7, 11) is -1.60. The molecule has 1 aliphatic rings. The third-order valence-electron chi connectivity index (χ3n) is 4.30. The summed E-state index contributed by atoms with van der Waals surface area (Å²) >= 11 is 1.44. The van der Waals surface area contributed by atoms with E-state index >= 15 is 0 Å². The molecule has 0 bridgehead atoms. The number of hydrogen-bond acceptors (Lipinski definition) is 5. The topological polar surface area (TPSA) is 82.6 Å². The highest BCUT2D eigenvalue weighted by Gasteiger charge is 2.29. The second kappa shape index (κ2) is 6.66. The average molecular weight is 368 g/mol. The number of rotatable bonds is 3. The molecule has 0 atom stereocenters. The number of amides is 2. The van der Waals surface area contributed by atoms with Crippen LogP contribution >= 0.6 is 11.3 Å². The summed E-state index contributed by atoms with van der Waals surface area (Å²) in [6.07, 6.45) is 2.48. The number of anilines is 1. The Morgan fingerprint density at radius 1 is 1.33 bits per heavy atom. The van der Waals surface area contributed by atoms with Crippen molar-refractivity contribution in [2.24, 2.45) is 0 Å². The van der Waals surface area contributed by atoms with Gasteiger partial charge in [-0.1, -0.05) is 23.5 Å². The van der Waals surface area contributed by atoms with Gasteiger partial charge in [0.15, 0.2) is 5.13 Å². The number of likely N-dealkylation sites (tertiary alicyclic amines) is 1. The van der Waals surface area contributed by atoms with Crippen LogP contribution < -0.4 is 5.32 Å². The molecule has 1 saturated heterocycles. The molecule has 7 nitrogen and oxygen atoms in total. The normalized spacial score (nSPS) is 16.7. The zero-order chi connectivity index (χ0) is 17.3. The lowest BCUT2D eigenvalue weighted by Gasteiger charge is -2.35. The van der Waals surface area contributed by atoms with E-state index in [0.717, 1.165) is 10.2 Å². The van der Waals surface area contributed by atoms with E-state index in [1.165, 1.54) is 21.9 Å². The molecule has 1 aliphatic heterocycles. The SMILES string of the molecule is CN(C1CCN(C(=O)Nc2nc3ccccc3s2)CC1)S(C)(=O)=O. The van der Waals surface area contributed by atoms with Gasteiger partial charge in [0.05, 0.1) is 16.5 Å². The number of para-hydroxylation sites is 1. The van der Waals surface area contributed by atoms with E-state index < -0.39 is 10.0 Å². The molecule has 3 rings (SSSR count). The number of carbonyl (C=O) groups excluding carboxylic acids is 1. The van der Waals surface area contributed by atoms with Gasteiger partial charge >= 0.3 is 6.03 Å². The minimum Gasteiger partial charge on any atom is -0.324 e. The molecule has 1 fully saturated rings. The molecule has 0 unspecified atom stereocenters. The van der Waals surface area contributed by atoms with Gasteiger partial charge in [0, 0.05) is 26.2 Å². The zero-order valence-corrected chi connectivity index (χ0v) is 15.2. The third-order valence-corrected chi connectivity index (χ3v) is 6.59. The second-order valence-corrected chi connectivity index (χ2v) is 8.99. The predicted octanol–water partition coefficient (Wildman–Crippen LogP) is 2.18. The molecule has 2 aromatic rings. The van der Waals surface area contributed by atoms with Gasteiger partial charge < -0.3 is 4.90 Å². The number of nitrogens with one attached hydrogen (secondary N) is 1. The lowest BCUT2D eigenvalue weighted by molar-refractivity contribution is 0.175. The number of aromatic nitrogens is 1. The average Bonchev–Trinajstić information content (AvgIpc) is 2.95. The van der Waals surface area contributed by atoms with Crippen molar-refractivity contribution in [3.8, 4) is 0 Å². The summed E-state index contributed by atoms with van der Waals surface area (Å²) < 4.78 is 25.6. The van der Waals surface area contributed by atoms with Gasteiger partial charge in [-0.05, 0) is 25.0 Å². The molecule has 130 valence electrons. The maximum atomic E-state index is 12.4. The Hall–Kier alpha value is -1.71. The van der Waals surface area contributed by atoms with Crippen LogP contribution in [0.15, 0.2) is 24.3 Å². The lowest BCUT2D eigenvalue weighted by Crippen LogP contribution is -2.48. The quantitative estimate of drug-likeness (QED) is 0.900. The standard InChI is InChI=1S/C15H20N4O3S2/c1-18(24(2,21)22)11-7-9-19(10-8-11)15(20)17-14-16-12-5-3-4-6-13(12)23-14/h3-6,11H,7-10H2,1-2H3,(H,16,17,20). The number of nitrogens with zero attached hydrogens (tertiary/aromatic N) is 3. The molecule has 9 heteroatoms. The van der Waals surface area contributed by atoms with Crippen LogP contribution in [0.3, 0.4) is 0 Å². The number of benzene rings is 1. The van der Waals surface area contributed by atoms with Crippen molar-refractivity contribution in [3.05, 3.63) is 24.3 Å². The Labute approximate surface area is 145 Å². The smallest absolute Gasteiger partial charge is 0.323 e. The molecule has 0 radical (unpaired) electrons. The first-order valence-corrected chi connectivity index (χ1v) is 10.4. The summed E-state index contributed by atoms with van der Waals surface area (Å²) in [5.74, 6) is 0. The van der Waals surface area contributed by atoms with Crippen LogP contribution in [0.4, 0.5) is 9.93 Å². The molecule has 2 amide bonds. The van der Waals surface area contributed by atoms with Gasteiger partial charge in [0.1, 0.15) is 0 Å². The number of carbonyl (C=O) groups is 1. The summed E-state index contributed by atoms with van der Waals surface area (Å²) in [4.78, 5) is 18.5. The number of hydrogen-bond donors (Lipinski definition) is 1. The van der Waals surface area contributed by atoms with Crippen molar-refractivity contribution in [3.63, 3.8) is 0 Å². The van der Waals surface area contributed by atoms with Crippen molar-refractivity contribution in [1.82, 2.24) is 14.2 Å². The number of piperidine rings is 1. The summed E-state index contributed by atoms with van der Waals surface area (Å²) in [5, 5.41) is 3.42. The van der Waals surface area contributed by atoms with Crippen LogP contribution in [0.5, 0.6) is 0 Å². The highest BCUT2D eigenvalue weighted by atomic mass is 32.2. The molecular weight excluding hydrogens is 348 g/mol.